The normalized spacial score (nSPS) is 51.4. The molecule has 0 amide bonds. The average molecular weight is 623 g/mol. The number of hydrogen-bond acceptors (Lipinski definition) is 6. The molecule has 1 saturated heterocycles. The second-order valence-electron chi connectivity index (χ2n) is 19.0. The molecule has 45 heavy (non-hydrogen) atoms. The van der Waals surface area contributed by atoms with E-state index in [-0.39, 0.29) is 37.0 Å². The van der Waals surface area contributed by atoms with Crippen molar-refractivity contribution in [3.63, 3.8) is 0 Å². The van der Waals surface area contributed by atoms with Crippen molar-refractivity contribution in [2.24, 2.45) is 87.3 Å². The van der Waals surface area contributed by atoms with E-state index in [9.17, 15) is 19.5 Å². The van der Waals surface area contributed by atoms with E-state index in [4.69, 9.17) is 14.2 Å². The quantitative estimate of drug-likeness (QED) is 0.168. The number of epoxide rings is 1. The van der Waals surface area contributed by atoms with Crippen molar-refractivity contribution in [3.05, 3.63) is 0 Å². The second kappa shape index (κ2) is 9.50. The van der Waals surface area contributed by atoms with Gasteiger partial charge in [0.25, 0.3) is 0 Å². The van der Waals surface area contributed by atoms with Crippen molar-refractivity contribution in [2.75, 3.05) is 0 Å². The predicted molar refractivity (Wildman–Crippen MR) is 164 cm³/mol. The molecule has 0 spiro atoms. The van der Waals surface area contributed by atoms with Gasteiger partial charge in [-0.05, 0) is 169 Å². The van der Waals surface area contributed by atoms with Crippen LogP contribution in [0.15, 0.2) is 0 Å². The van der Waals surface area contributed by atoms with Crippen LogP contribution in [0.5, 0.6) is 0 Å². The van der Waals surface area contributed by atoms with Crippen LogP contribution < -0.4 is 0 Å². The molecular formula is C38H54O7. The average Bonchev–Trinajstić information content (AvgIpc) is 3.73. The zero-order chi connectivity index (χ0) is 31.4. The van der Waals surface area contributed by atoms with Gasteiger partial charge in [0.1, 0.15) is 12.2 Å². The van der Waals surface area contributed by atoms with E-state index in [2.05, 4.69) is 0 Å². The van der Waals surface area contributed by atoms with E-state index < -0.39 is 22.2 Å². The number of ether oxygens (including phenoxy) is 3. The molecule has 8 saturated carbocycles. The zero-order valence-electron chi connectivity index (χ0n) is 27.9. The van der Waals surface area contributed by atoms with Crippen molar-refractivity contribution in [1.82, 2.24) is 0 Å². The molecular weight excluding hydrogens is 568 g/mol. The number of esters is 2. The monoisotopic (exact) mass is 622 g/mol. The number of carbonyl (C=O) groups is 3. The molecule has 9 aliphatic rings. The number of fused-ring (bicyclic) bond motifs is 21. The summed E-state index contributed by atoms with van der Waals surface area (Å²) in [7, 11) is 0. The number of carboxylic acid groups (broad SMARTS) is 1. The largest absolute Gasteiger partial charge is 0.481 e. The molecule has 7 heteroatoms. The highest BCUT2D eigenvalue weighted by Crippen LogP contribution is 2.72. The minimum Gasteiger partial charge on any atom is -0.481 e. The van der Waals surface area contributed by atoms with Gasteiger partial charge in [-0.2, -0.15) is 0 Å². The maximum absolute atomic E-state index is 14.4. The van der Waals surface area contributed by atoms with E-state index in [0.717, 1.165) is 48.9 Å². The molecule has 1 heterocycles. The van der Waals surface area contributed by atoms with Crippen LogP contribution in [0.1, 0.15) is 105 Å². The molecule has 1 N–H and O–H groups in total. The molecule has 7 nitrogen and oxygen atoms in total. The minimum absolute atomic E-state index is 0.0126. The Morgan fingerprint density at radius 2 is 1.18 bits per heavy atom. The first kappa shape index (κ1) is 29.5. The van der Waals surface area contributed by atoms with E-state index in [1.807, 2.05) is 20.8 Å². The molecule has 8 aliphatic carbocycles. The molecule has 9 fully saturated rings. The first-order valence-electron chi connectivity index (χ1n) is 18.6. The summed E-state index contributed by atoms with van der Waals surface area (Å²) in [5.74, 6) is 6.69. The van der Waals surface area contributed by atoms with Crippen LogP contribution in [0.25, 0.3) is 0 Å². The second-order valence-corrected chi connectivity index (χ2v) is 19.0. The lowest BCUT2D eigenvalue weighted by Crippen LogP contribution is -2.47. The summed E-state index contributed by atoms with van der Waals surface area (Å²) in [5.41, 5.74) is -3.17. The lowest BCUT2D eigenvalue weighted by atomic mass is 9.65. The fraction of sp³-hybridized carbons (Fsp3) is 0.921. The molecule has 8 bridgehead atoms. The Morgan fingerprint density at radius 1 is 0.644 bits per heavy atom. The lowest BCUT2D eigenvalue weighted by Gasteiger charge is -2.43. The maximum Gasteiger partial charge on any atom is 0.312 e. The molecule has 0 radical (unpaired) electrons. The minimum atomic E-state index is -1.14. The number of rotatable bonds is 10. The van der Waals surface area contributed by atoms with Crippen LogP contribution in [0.3, 0.4) is 0 Å². The van der Waals surface area contributed by atoms with Crippen molar-refractivity contribution in [3.8, 4) is 0 Å². The molecule has 1 aliphatic heterocycles. The Hall–Kier alpha value is -1.63. The summed E-state index contributed by atoms with van der Waals surface area (Å²) in [6.45, 7) is 9.17. The molecule has 0 aromatic heterocycles. The van der Waals surface area contributed by atoms with Gasteiger partial charge in [0.05, 0.1) is 28.5 Å². The van der Waals surface area contributed by atoms with Gasteiger partial charge in [-0.1, -0.05) is 6.92 Å². The van der Waals surface area contributed by atoms with Crippen LogP contribution in [-0.4, -0.2) is 47.4 Å². The highest BCUT2D eigenvalue weighted by molar-refractivity contribution is 5.82. The maximum atomic E-state index is 14.4. The van der Waals surface area contributed by atoms with Crippen LogP contribution in [0.4, 0.5) is 0 Å². The third-order valence-electron chi connectivity index (χ3n) is 16.2. The Balaban J connectivity index is 0.922. The van der Waals surface area contributed by atoms with E-state index in [0.29, 0.717) is 60.1 Å². The topological polar surface area (TPSA) is 102 Å². The third-order valence-corrected chi connectivity index (χ3v) is 16.2. The van der Waals surface area contributed by atoms with E-state index >= 15 is 0 Å². The highest BCUT2D eigenvalue weighted by Gasteiger charge is 2.74. The summed E-state index contributed by atoms with van der Waals surface area (Å²) in [5, 5.41) is 10.1. The SMILES string of the molecule is CCC(C)(CC(C)(CC(C)(C)C(=O)O)C(=O)OC1CC2CC1C1C3CC(C4OC34)C21)C(=O)OC1CC2CC1C1C3CCC(C3)C21. The van der Waals surface area contributed by atoms with Crippen molar-refractivity contribution < 1.29 is 33.7 Å². The summed E-state index contributed by atoms with van der Waals surface area (Å²) >= 11 is 0. The molecule has 9 rings (SSSR count). The predicted octanol–water partition coefficient (Wildman–Crippen LogP) is 6.52. The summed E-state index contributed by atoms with van der Waals surface area (Å²) < 4.78 is 19.0. The fourth-order valence-corrected chi connectivity index (χ4v) is 14.6. The number of carbonyl (C=O) groups excluding carboxylic acids is 2. The first-order valence-corrected chi connectivity index (χ1v) is 18.6. The summed E-state index contributed by atoms with van der Waals surface area (Å²) in [6.07, 6.45) is 11.4. The molecule has 248 valence electrons. The Kier molecular flexibility index (Phi) is 6.23. The van der Waals surface area contributed by atoms with Crippen LogP contribution >= 0.6 is 0 Å². The third kappa shape index (κ3) is 4.06. The van der Waals surface area contributed by atoms with Crippen molar-refractivity contribution in [2.45, 2.75) is 130 Å². The van der Waals surface area contributed by atoms with Gasteiger partial charge in [-0.3, -0.25) is 14.4 Å². The van der Waals surface area contributed by atoms with E-state index in [1.165, 1.54) is 32.1 Å². The fourth-order valence-electron chi connectivity index (χ4n) is 14.6. The van der Waals surface area contributed by atoms with E-state index in [1.54, 1.807) is 13.8 Å². The first-order chi connectivity index (χ1) is 21.3. The lowest BCUT2D eigenvalue weighted by molar-refractivity contribution is -0.177. The summed E-state index contributed by atoms with van der Waals surface area (Å²) in [4.78, 5) is 40.9. The van der Waals surface area contributed by atoms with Crippen molar-refractivity contribution in [1.29, 1.82) is 0 Å². The number of hydrogen-bond donors (Lipinski definition) is 1. The zero-order valence-corrected chi connectivity index (χ0v) is 27.9. The Bertz CT molecular complexity index is 1310. The van der Waals surface area contributed by atoms with Gasteiger partial charge >= 0.3 is 17.9 Å². The molecule has 18 unspecified atom stereocenters. The van der Waals surface area contributed by atoms with Gasteiger partial charge < -0.3 is 19.3 Å². The standard InChI is InChI=1S/C38H54O7/c1-6-37(4,34(41)43-25-12-19-10-21(25)28-18-8-7-17(9-18)27(19)28)16-38(5,15-36(2,3)33(39)40)35(42)44-26-13-20-11-22(26)30-24-14-23(29(20)30)31-32(24)45-31/h17-32H,6-16H2,1-5H3,(H,39,40). The molecule has 0 aromatic rings. The smallest absolute Gasteiger partial charge is 0.312 e. The van der Waals surface area contributed by atoms with Crippen LogP contribution in [0.2, 0.25) is 0 Å². The Labute approximate surface area is 268 Å². The highest BCUT2D eigenvalue weighted by atomic mass is 16.6. The van der Waals surface area contributed by atoms with Gasteiger partial charge in [-0.25, -0.2) is 0 Å². The van der Waals surface area contributed by atoms with Gasteiger partial charge in [0.15, 0.2) is 0 Å². The van der Waals surface area contributed by atoms with Gasteiger partial charge in [0.2, 0.25) is 0 Å². The Morgan fingerprint density at radius 3 is 1.80 bits per heavy atom. The van der Waals surface area contributed by atoms with Crippen molar-refractivity contribution >= 4 is 17.9 Å². The van der Waals surface area contributed by atoms with Gasteiger partial charge in [0, 0.05) is 0 Å². The van der Waals surface area contributed by atoms with Crippen LogP contribution in [0, 0.1) is 87.3 Å². The number of carboxylic acids is 1. The van der Waals surface area contributed by atoms with Gasteiger partial charge in [-0.15, -0.1) is 0 Å². The summed E-state index contributed by atoms with van der Waals surface area (Å²) in [6, 6.07) is 0. The van der Waals surface area contributed by atoms with Crippen LogP contribution in [-0.2, 0) is 28.6 Å². The molecule has 18 atom stereocenters. The number of aliphatic carboxylic acids is 1. The molecule has 0 aromatic carbocycles.